The standard InChI is InChI=1S/C12H8N4O.H3O4P/c1-5-13-6-2-9(1)11-15-16-12(17-11)10-3-7-14-8-4-10;1-5(2,3)4/h1-8H;(H3,1,2,3,4). The van der Waals surface area contributed by atoms with Crippen LogP contribution in [0, 0.1) is 0 Å². The van der Waals surface area contributed by atoms with Crippen LogP contribution in [0.3, 0.4) is 0 Å². The van der Waals surface area contributed by atoms with Crippen molar-refractivity contribution in [3.8, 4) is 22.9 Å². The Bertz CT molecular complexity index is 697. The van der Waals surface area contributed by atoms with Crippen LogP contribution < -0.4 is 19.8 Å². The molecule has 0 amide bonds. The fourth-order valence-electron chi connectivity index (χ4n) is 1.52. The smallest absolute Gasteiger partial charge is 0.248 e. The average Bonchev–Trinajstić information content (AvgIpc) is 2.97. The zero-order chi connectivity index (χ0) is 16.0. The van der Waals surface area contributed by atoms with E-state index < -0.39 is 7.82 Å². The molecule has 3 N–H and O–H groups in total. The fraction of sp³-hybridized carbons (Fsp3) is 0. The lowest BCUT2D eigenvalue weighted by molar-refractivity contribution is -0.378. The van der Waals surface area contributed by atoms with Crippen molar-refractivity contribution in [2.24, 2.45) is 0 Å². The third-order valence-electron chi connectivity index (χ3n) is 2.36. The predicted molar refractivity (Wildman–Crippen MR) is 68.1 cm³/mol. The molecule has 10 heteroatoms. The van der Waals surface area contributed by atoms with Crippen molar-refractivity contribution in [3.05, 3.63) is 49.1 Å². The van der Waals surface area contributed by atoms with Crippen LogP contribution in [0.25, 0.3) is 22.9 Å². The quantitative estimate of drug-likeness (QED) is 0.584. The van der Waals surface area contributed by atoms with Gasteiger partial charge < -0.3 is 23.7 Å². The minimum Gasteiger partial charge on any atom is -0.790 e. The summed E-state index contributed by atoms with van der Waals surface area (Å²) in [7, 11) is -5.14. The lowest BCUT2D eigenvalue weighted by atomic mass is 10.3. The van der Waals surface area contributed by atoms with Crippen molar-refractivity contribution in [2.75, 3.05) is 0 Å². The first-order valence-corrected chi connectivity index (χ1v) is 7.44. The number of nitrogens with one attached hydrogen (secondary N) is 2. The van der Waals surface area contributed by atoms with Crippen LogP contribution in [0.5, 0.6) is 0 Å². The van der Waals surface area contributed by atoms with E-state index in [4.69, 9.17) is 23.7 Å². The first-order valence-electron chi connectivity index (χ1n) is 5.95. The van der Waals surface area contributed by atoms with E-state index in [1.807, 2.05) is 49.1 Å². The Morgan fingerprint density at radius 3 is 1.55 bits per heavy atom. The van der Waals surface area contributed by atoms with Crippen molar-refractivity contribution >= 4 is 7.82 Å². The van der Waals surface area contributed by atoms with E-state index >= 15 is 0 Å². The molecule has 3 aromatic rings. The molecular weight excluding hydrogens is 311 g/mol. The number of hydrogen-bond acceptors (Lipinski definition) is 6. The van der Waals surface area contributed by atoms with Crippen LogP contribution in [-0.2, 0) is 4.57 Å². The maximum Gasteiger partial charge on any atom is 0.248 e. The van der Waals surface area contributed by atoms with Crippen LogP contribution in [-0.4, -0.2) is 15.1 Å². The van der Waals surface area contributed by atoms with E-state index in [2.05, 4.69) is 20.2 Å². The van der Waals surface area contributed by atoms with Crippen LogP contribution in [0.15, 0.2) is 53.5 Å². The summed E-state index contributed by atoms with van der Waals surface area (Å²) < 4.78 is 14.3. The summed E-state index contributed by atoms with van der Waals surface area (Å²) >= 11 is 0. The summed E-state index contributed by atoms with van der Waals surface area (Å²) in [6.07, 6.45) is 7.26. The summed E-state index contributed by atoms with van der Waals surface area (Å²) in [5, 5.41) is 8.04. The minimum absolute atomic E-state index is 0.516. The molecule has 0 unspecified atom stereocenters. The predicted octanol–water partition coefficient (Wildman–Crippen LogP) is -1.16. The maximum atomic E-state index is 8.66. The molecule has 9 nitrogen and oxygen atoms in total. The van der Waals surface area contributed by atoms with E-state index in [1.165, 1.54) is 0 Å². The Labute approximate surface area is 124 Å². The van der Waals surface area contributed by atoms with Crippen molar-refractivity contribution in [3.63, 3.8) is 0 Å². The van der Waals surface area contributed by atoms with Gasteiger partial charge in [0.25, 0.3) is 0 Å². The number of aromatic nitrogens is 4. The Morgan fingerprint density at radius 1 is 0.909 bits per heavy atom. The summed E-state index contributed by atoms with van der Waals surface area (Å²) in [6.45, 7) is 0. The van der Waals surface area contributed by atoms with Gasteiger partial charge in [0, 0.05) is 24.3 Å². The largest absolute Gasteiger partial charge is 0.790 e. The Hall–Kier alpha value is -2.45. The molecule has 0 aliphatic rings. The maximum absolute atomic E-state index is 8.66. The zero-order valence-corrected chi connectivity index (χ0v) is 11.9. The van der Waals surface area contributed by atoms with Gasteiger partial charge in [0.05, 0.1) is 18.9 Å². The number of rotatable bonds is 2. The van der Waals surface area contributed by atoms with Crippen molar-refractivity contribution < 1.29 is 33.6 Å². The SMILES string of the molecule is O=P([O-])([O-])O.c1cc(-c2nnc(-c3cc[nH+]cc3)o2)cc[nH+]1. The lowest BCUT2D eigenvalue weighted by Gasteiger charge is -2.19. The second-order valence-corrected chi connectivity index (χ2v) is 4.90. The van der Waals surface area contributed by atoms with E-state index in [1.54, 1.807) is 0 Å². The van der Waals surface area contributed by atoms with Crippen molar-refractivity contribution in [1.29, 1.82) is 0 Å². The normalized spacial score (nSPS) is 10.7. The van der Waals surface area contributed by atoms with Gasteiger partial charge in [0.2, 0.25) is 11.8 Å². The molecule has 3 aromatic heterocycles. The molecule has 0 aliphatic carbocycles. The van der Waals surface area contributed by atoms with E-state index in [9.17, 15) is 0 Å². The highest BCUT2D eigenvalue weighted by Gasteiger charge is 2.10. The first kappa shape index (κ1) is 15.9. The number of hydrogen-bond donors (Lipinski definition) is 1. The molecule has 0 aliphatic heterocycles. The molecule has 22 heavy (non-hydrogen) atoms. The highest BCUT2D eigenvalue weighted by molar-refractivity contribution is 7.42. The summed E-state index contributed by atoms with van der Waals surface area (Å²) in [6, 6.07) is 7.54. The average molecular weight is 322 g/mol. The highest BCUT2D eigenvalue weighted by atomic mass is 31.2. The van der Waals surface area contributed by atoms with Gasteiger partial charge in [-0.05, 0) is 0 Å². The van der Waals surface area contributed by atoms with Crippen molar-refractivity contribution in [1.82, 2.24) is 10.2 Å². The van der Waals surface area contributed by atoms with Crippen molar-refractivity contribution in [2.45, 2.75) is 0 Å². The fourth-order valence-corrected chi connectivity index (χ4v) is 1.52. The number of aromatic amines is 2. The Kier molecular flexibility index (Phi) is 5.08. The van der Waals surface area contributed by atoms with Crippen LogP contribution in [0.1, 0.15) is 0 Å². The third-order valence-corrected chi connectivity index (χ3v) is 2.36. The van der Waals surface area contributed by atoms with E-state index in [-0.39, 0.29) is 0 Å². The van der Waals surface area contributed by atoms with Gasteiger partial charge in [-0.1, -0.05) is 0 Å². The molecule has 0 radical (unpaired) electrons. The number of H-pyrrole nitrogens is 2. The molecule has 3 heterocycles. The summed E-state index contributed by atoms with van der Waals surface area (Å²) in [4.78, 5) is 30.2. The number of nitrogens with zero attached hydrogens (tertiary/aromatic N) is 2. The second-order valence-electron chi connectivity index (χ2n) is 3.96. The lowest BCUT2D eigenvalue weighted by Crippen LogP contribution is -2.11. The summed E-state index contributed by atoms with van der Waals surface area (Å²) in [5.74, 6) is 1.03. The molecule has 0 spiro atoms. The van der Waals surface area contributed by atoms with Gasteiger partial charge in [-0.15, -0.1) is 10.2 Å². The molecule has 0 bridgehead atoms. The van der Waals surface area contributed by atoms with Crippen LogP contribution in [0.4, 0.5) is 0 Å². The zero-order valence-electron chi connectivity index (χ0n) is 11.0. The molecule has 114 valence electrons. The third kappa shape index (κ3) is 5.15. The number of pyridine rings is 2. The second kappa shape index (κ2) is 7.01. The van der Waals surface area contributed by atoms with Gasteiger partial charge in [0.1, 0.15) is 0 Å². The van der Waals surface area contributed by atoms with Gasteiger partial charge in [-0.25, -0.2) is 9.97 Å². The Balaban J connectivity index is 0.000000309. The van der Waals surface area contributed by atoms with Gasteiger partial charge in [-0.2, -0.15) is 0 Å². The summed E-state index contributed by atoms with van der Waals surface area (Å²) in [5.41, 5.74) is 1.79. The first-order chi connectivity index (χ1) is 10.4. The molecule has 0 fully saturated rings. The van der Waals surface area contributed by atoms with Crippen LogP contribution >= 0.6 is 7.82 Å². The van der Waals surface area contributed by atoms with E-state index in [0.717, 1.165) is 11.1 Å². The van der Waals surface area contributed by atoms with E-state index in [0.29, 0.717) is 11.8 Å². The Morgan fingerprint density at radius 2 is 1.23 bits per heavy atom. The number of phosphoric acid groups is 1. The molecular formula is C12H11N4O5P. The topological polar surface area (TPSA) is 151 Å². The highest BCUT2D eigenvalue weighted by Crippen LogP contribution is 2.21. The minimum atomic E-state index is -5.14. The van der Waals surface area contributed by atoms with Crippen LogP contribution in [0.2, 0.25) is 0 Å². The molecule has 0 aromatic carbocycles. The molecule has 3 rings (SSSR count). The molecule has 0 saturated carbocycles. The van der Waals surface area contributed by atoms with Gasteiger partial charge >= 0.3 is 0 Å². The monoisotopic (exact) mass is 322 g/mol. The molecule has 0 atom stereocenters. The van der Waals surface area contributed by atoms with Gasteiger partial charge in [0.15, 0.2) is 24.8 Å². The van der Waals surface area contributed by atoms with Gasteiger partial charge in [-0.3, -0.25) is 0 Å². The molecule has 0 saturated heterocycles.